The molecule has 1 rings (SSSR count). The Morgan fingerprint density at radius 3 is 2.71 bits per heavy atom. The van der Waals surface area contributed by atoms with Gasteiger partial charge in [0, 0.05) is 18.8 Å². The standard InChI is InChI=1S/C14H20F2N2O3/c1-3-14(20,4-2)9-18-13(19)11-7-10(5-6-17-11)21-8-12(15)16/h5-7,12,20H,3-4,8-9H2,1-2H3,(H,18,19). The molecule has 118 valence electrons. The molecule has 7 heteroatoms. The highest BCUT2D eigenvalue weighted by molar-refractivity contribution is 5.92. The number of carbonyl (C=O) groups excluding carboxylic acids is 1. The summed E-state index contributed by atoms with van der Waals surface area (Å²) < 4.78 is 29.0. The van der Waals surface area contributed by atoms with Crippen LogP contribution >= 0.6 is 0 Å². The quantitative estimate of drug-likeness (QED) is 0.770. The lowest BCUT2D eigenvalue weighted by atomic mass is 9.97. The van der Waals surface area contributed by atoms with Crippen molar-refractivity contribution in [1.29, 1.82) is 0 Å². The monoisotopic (exact) mass is 302 g/mol. The van der Waals surface area contributed by atoms with E-state index < -0.39 is 24.5 Å². The molecular formula is C14H20F2N2O3. The van der Waals surface area contributed by atoms with Crippen LogP contribution in [0.5, 0.6) is 5.75 Å². The molecule has 0 radical (unpaired) electrons. The first-order chi connectivity index (χ1) is 9.90. The maximum absolute atomic E-state index is 12.1. The van der Waals surface area contributed by atoms with E-state index in [4.69, 9.17) is 4.74 Å². The van der Waals surface area contributed by atoms with Crippen LogP contribution in [-0.2, 0) is 0 Å². The van der Waals surface area contributed by atoms with Crippen molar-refractivity contribution < 1.29 is 23.4 Å². The first-order valence-corrected chi connectivity index (χ1v) is 6.77. The van der Waals surface area contributed by atoms with Gasteiger partial charge in [-0.05, 0) is 18.9 Å². The zero-order valence-corrected chi connectivity index (χ0v) is 12.1. The Kier molecular flexibility index (Phi) is 6.48. The summed E-state index contributed by atoms with van der Waals surface area (Å²) >= 11 is 0. The summed E-state index contributed by atoms with van der Waals surface area (Å²) in [6.45, 7) is 3.01. The van der Waals surface area contributed by atoms with E-state index in [2.05, 4.69) is 10.3 Å². The minimum atomic E-state index is -2.58. The molecule has 0 aliphatic carbocycles. The number of ether oxygens (including phenoxy) is 1. The predicted molar refractivity (Wildman–Crippen MR) is 73.6 cm³/mol. The van der Waals surface area contributed by atoms with Gasteiger partial charge in [0.1, 0.15) is 18.1 Å². The summed E-state index contributed by atoms with van der Waals surface area (Å²) in [5.74, 6) is -0.338. The molecule has 2 N–H and O–H groups in total. The van der Waals surface area contributed by atoms with Crippen molar-refractivity contribution in [2.45, 2.75) is 38.7 Å². The lowest BCUT2D eigenvalue weighted by molar-refractivity contribution is 0.0313. The SMILES string of the molecule is CCC(O)(CC)CNC(=O)c1cc(OCC(F)F)ccn1. The largest absolute Gasteiger partial charge is 0.488 e. The van der Waals surface area contributed by atoms with Crippen molar-refractivity contribution in [1.82, 2.24) is 10.3 Å². The topological polar surface area (TPSA) is 71.5 Å². The summed E-state index contributed by atoms with van der Waals surface area (Å²) in [7, 11) is 0. The van der Waals surface area contributed by atoms with Crippen LogP contribution in [0.4, 0.5) is 8.78 Å². The summed E-state index contributed by atoms with van der Waals surface area (Å²) in [5, 5.41) is 12.7. The normalized spacial score (nSPS) is 11.5. The number of aliphatic hydroxyl groups is 1. The van der Waals surface area contributed by atoms with E-state index in [0.29, 0.717) is 12.8 Å². The summed E-state index contributed by atoms with van der Waals surface area (Å²) in [4.78, 5) is 15.8. The van der Waals surface area contributed by atoms with Crippen LogP contribution in [0.15, 0.2) is 18.3 Å². The van der Waals surface area contributed by atoms with Crippen LogP contribution in [0.25, 0.3) is 0 Å². The van der Waals surface area contributed by atoms with Gasteiger partial charge in [-0.25, -0.2) is 8.78 Å². The second-order valence-corrected chi connectivity index (χ2v) is 4.69. The third kappa shape index (κ3) is 5.63. The van der Waals surface area contributed by atoms with Crippen LogP contribution in [0, 0.1) is 0 Å². The van der Waals surface area contributed by atoms with E-state index in [9.17, 15) is 18.7 Å². The third-order valence-electron chi connectivity index (χ3n) is 3.23. The maximum Gasteiger partial charge on any atom is 0.272 e. The van der Waals surface area contributed by atoms with E-state index in [1.54, 1.807) is 0 Å². The van der Waals surface area contributed by atoms with Crippen LogP contribution in [0.2, 0.25) is 0 Å². The fraction of sp³-hybridized carbons (Fsp3) is 0.571. The lowest BCUT2D eigenvalue weighted by Crippen LogP contribution is -2.42. The minimum Gasteiger partial charge on any atom is -0.488 e. The van der Waals surface area contributed by atoms with Crippen LogP contribution in [-0.4, -0.2) is 41.2 Å². The van der Waals surface area contributed by atoms with E-state index >= 15 is 0 Å². The highest BCUT2D eigenvalue weighted by atomic mass is 19.3. The Hall–Kier alpha value is -1.76. The zero-order valence-electron chi connectivity index (χ0n) is 12.1. The molecule has 0 fully saturated rings. The molecular weight excluding hydrogens is 282 g/mol. The Balaban J connectivity index is 2.64. The van der Waals surface area contributed by atoms with Crippen molar-refractivity contribution in [3.8, 4) is 5.75 Å². The highest BCUT2D eigenvalue weighted by Gasteiger charge is 2.23. The van der Waals surface area contributed by atoms with Crippen LogP contribution in [0.3, 0.4) is 0 Å². The van der Waals surface area contributed by atoms with Crippen LogP contribution in [0.1, 0.15) is 37.2 Å². The number of pyridine rings is 1. The van der Waals surface area contributed by atoms with Gasteiger partial charge in [-0.3, -0.25) is 9.78 Å². The number of rotatable bonds is 8. The van der Waals surface area contributed by atoms with E-state index in [0.717, 1.165) is 0 Å². The van der Waals surface area contributed by atoms with Crippen molar-refractivity contribution in [3.05, 3.63) is 24.0 Å². The fourth-order valence-electron chi connectivity index (χ4n) is 1.62. The van der Waals surface area contributed by atoms with Gasteiger partial charge in [-0.2, -0.15) is 0 Å². The van der Waals surface area contributed by atoms with E-state index in [-0.39, 0.29) is 18.0 Å². The predicted octanol–water partition coefficient (Wildman–Crippen LogP) is 2.01. The number of nitrogens with one attached hydrogen (secondary N) is 1. The van der Waals surface area contributed by atoms with Gasteiger partial charge in [0.15, 0.2) is 0 Å². The molecule has 1 heterocycles. The molecule has 1 aromatic heterocycles. The van der Waals surface area contributed by atoms with E-state index in [1.165, 1.54) is 18.3 Å². The average molecular weight is 302 g/mol. The Labute approximate surface area is 122 Å². The zero-order chi connectivity index (χ0) is 15.9. The summed E-state index contributed by atoms with van der Waals surface area (Å²) in [6.07, 6.45) is -0.259. The molecule has 0 unspecified atom stereocenters. The van der Waals surface area contributed by atoms with Gasteiger partial charge in [-0.1, -0.05) is 13.8 Å². The molecule has 0 bridgehead atoms. The van der Waals surface area contributed by atoms with Gasteiger partial charge in [-0.15, -0.1) is 0 Å². The molecule has 0 aliphatic heterocycles. The Bertz CT molecular complexity index is 465. The maximum atomic E-state index is 12.1. The third-order valence-corrected chi connectivity index (χ3v) is 3.23. The molecule has 1 aromatic rings. The number of carbonyl (C=O) groups is 1. The second-order valence-electron chi connectivity index (χ2n) is 4.69. The smallest absolute Gasteiger partial charge is 0.272 e. The van der Waals surface area contributed by atoms with Crippen molar-refractivity contribution in [2.75, 3.05) is 13.2 Å². The molecule has 0 spiro atoms. The Morgan fingerprint density at radius 2 is 2.14 bits per heavy atom. The molecule has 21 heavy (non-hydrogen) atoms. The fourth-order valence-corrected chi connectivity index (χ4v) is 1.62. The number of nitrogens with zero attached hydrogens (tertiary/aromatic N) is 1. The summed E-state index contributed by atoms with van der Waals surface area (Å²) in [5.41, 5.74) is -0.907. The van der Waals surface area contributed by atoms with Crippen molar-refractivity contribution in [2.24, 2.45) is 0 Å². The van der Waals surface area contributed by atoms with Crippen molar-refractivity contribution >= 4 is 5.91 Å². The molecule has 0 atom stereocenters. The number of hydrogen-bond donors (Lipinski definition) is 2. The lowest BCUT2D eigenvalue weighted by Gasteiger charge is -2.25. The number of hydrogen-bond acceptors (Lipinski definition) is 4. The van der Waals surface area contributed by atoms with Gasteiger partial charge in [0.25, 0.3) is 12.3 Å². The molecule has 1 amide bonds. The molecule has 0 saturated heterocycles. The Morgan fingerprint density at radius 1 is 1.48 bits per heavy atom. The first kappa shape index (κ1) is 17.3. The number of alkyl halides is 2. The van der Waals surface area contributed by atoms with Crippen LogP contribution < -0.4 is 10.1 Å². The van der Waals surface area contributed by atoms with Gasteiger partial charge >= 0.3 is 0 Å². The average Bonchev–Trinajstić information content (AvgIpc) is 2.50. The van der Waals surface area contributed by atoms with Gasteiger partial charge < -0.3 is 15.2 Å². The molecule has 0 aliphatic rings. The van der Waals surface area contributed by atoms with E-state index in [1.807, 2.05) is 13.8 Å². The highest BCUT2D eigenvalue weighted by Crippen LogP contribution is 2.14. The second kappa shape index (κ2) is 7.87. The molecule has 0 aromatic carbocycles. The number of amides is 1. The van der Waals surface area contributed by atoms with Gasteiger partial charge in [0.05, 0.1) is 5.60 Å². The first-order valence-electron chi connectivity index (χ1n) is 6.77. The minimum absolute atomic E-state index is 0.0522. The summed E-state index contributed by atoms with van der Waals surface area (Å²) in [6, 6.07) is 2.68. The number of halogens is 2. The van der Waals surface area contributed by atoms with Crippen molar-refractivity contribution in [3.63, 3.8) is 0 Å². The molecule has 0 saturated carbocycles. The number of aromatic nitrogens is 1. The van der Waals surface area contributed by atoms with Gasteiger partial charge in [0.2, 0.25) is 0 Å². The molecule has 5 nitrogen and oxygen atoms in total.